The van der Waals surface area contributed by atoms with Crippen LogP contribution in [-0.4, -0.2) is 25.1 Å². The molecule has 1 unspecified atom stereocenters. The Morgan fingerprint density at radius 2 is 2.03 bits per heavy atom. The Bertz CT molecular complexity index is 1150. The number of hydrogen-bond donors (Lipinski definition) is 0. The summed E-state index contributed by atoms with van der Waals surface area (Å²) in [7, 11) is 0. The first-order valence-corrected chi connectivity index (χ1v) is 9.33. The summed E-state index contributed by atoms with van der Waals surface area (Å²) >= 11 is 0. The summed E-state index contributed by atoms with van der Waals surface area (Å²) in [5.41, 5.74) is 4.43. The number of aromatic nitrogens is 5. The van der Waals surface area contributed by atoms with E-state index in [4.69, 9.17) is 9.26 Å². The average Bonchev–Trinajstić information content (AvgIpc) is 3.34. The van der Waals surface area contributed by atoms with Crippen LogP contribution in [0, 0.1) is 12.7 Å². The molecule has 0 saturated carbocycles. The highest BCUT2D eigenvalue weighted by Gasteiger charge is 2.27. The van der Waals surface area contributed by atoms with E-state index in [9.17, 15) is 4.39 Å². The van der Waals surface area contributed by atoms with Gasteiger partial charge in [-0.2, -0.15) is 4.98 Å². The van der Waals surface area contributed by atoms with Gasteiger partial charge in [-0.3, -0.25) is 0 Å². The lowest BCUT2D eigenvalue weighted by molar-refractivity contribution is -0.00112. The van der Waals surface area contributed by atoms with Crippen molar-refractivity contribution in [3.63, 3.8) is 0 Å². The fourth-order valence-corrected chi connectivity index (χ4v) is 3.41. The first-order chi connectivity index (χ1) is 14.2. The minimum Gasteiger partial charge on any atom is -0.365 e. The van der Waals surface area contributed by atoms with Gasteiger partial charge in [0.25, 0.3) is 0 Å². The zero-order valence-electron chi connectivity index (χ0n) is 15.7. The van der Waals surface area contributed by atoms with E-state index in [0.717, 1.165) is 16.8 Å². The molecule has 2 aromatic carbocycles. The lowest BCUT2D eigenvalue weighted by atomic mass is 10.1. The van der Waals surface area contributed by atoms with Crippen molar-refractivity contribution >= 4 is 0 Å². The van der Waals surface area contributed by atoms with Gasteiger partial charge in [-0.05, 0) is 30.2 Å². The highest BCUT2D eigenvalue weighted by molar-refractivity contribution is 5.51. The molecule has 0 spiro atoms. The molecule has 0 aliphatic carbocycles. The predicted octanol–water partition coefficient (Wildman–Crippen LogP) is 3.64. The fraction of sp³-hybridized carbons (Fsp3) is 0.238. The number of nitrogens with zero attached hydrogens (tertiary/aromatic N) is 5. The Balaban J connectivity index is 1.35. The summed E-state index contributed by atoms with van der Waals surface area (Å²) in [4.78, 5) is 4.40. The third kappa shape index (κ3) is 3.54. The lowest BCUT2D eigenvalue weighted by Gasteiger charge is -2.24. The van der Waals surface area contributed by atoms with Crippen molar-refractivity contribution in [2.45, 2.75) is 32.6 Å². The smallest absolute Gasteiger partial charge is 0.231 e. The van der Waals surface area contributed by atoms with Crippen molar-refractivity contribution in [1.82, 2.24) is 25.1 Å². The van der Waals surface area contributed by atoms with Gasteiger partial charge in [0.05, 0.1) is 25.3 Å². The van der Waals surface area contributed by atoms with Crippen molar-refractivity contribution in [2.75, 3.05) is 0 Å². The standard InChI is InChI=1S/C21H18FN5O2/c1-13-5-7-15(8-6-13)18-11-27-17(12-28-18)20(24-26-27)21-23-19(29-25-21)10-14-3-2-4-16(22)9-14/h2-9,18H,10-12H2,1H3. The van der Waals surface area contributed by atoms with Crippen LogP contribution in [0.15, 0.2) is 53.1 Å². The molecule has 146 valence electrons. The molecule has 0 saturated heterocycles. The Hall–Kier alpha value is -3.39. The van der Waals surface area contributed by atoms with E-state index in [1.165, 1.54) is 17.7 Å². The van der Waals surface area contributed by atoms with Gasteiger partial charge < -0.3 is 9.26 Å². The lowest BCUT2D eigenvalue weighted by Crippen LogP contribution is -2.22. The van der Waals surface area contributed by atoms with Crippen LogP contribution in [0.5, 0.6) is 0 Å². The second-order valence-electron chi connectivity index (χ2n) is 7.10. The van der Waals surface area contributed by atoms with Crippen LogP contribution >= 0.6 is 0 Å². The van der Waals surface area contributed by atoms with Gasteiger partial charge in [0.1, 0.15) is 11.9 Å². The molecule has 0 fully saturated rings. The van der Waals surface area contributed by atoms with Gasteiger partial charge in [0.2, 0.25) is 11.7 Å². The summed E-state index contributed by atoms with van der Waals surface area (Å²) in [6.45, 7) is 2.98. The molecule has 0 radical (unpaired) electrons. The molecule has 5 rings (SSSR count). The Kier molecular flexibility index (Phi) is 4.40. The van der Waals surface area contributed by atoms with E-state index >= 15 is 0 Å². The number of halogens is 1. The number of rotatable bonds is 4. The van der Waals surface area contributed by atoms with Crippen molar-refractivity contribution in [3.8, 4) is 11.5 Å². The monoisotopic (exact) mass is 391 g/mol. The zero-order chi connectivity index (χ0) is 19.8. The van der Waals surface area contributed by atoms with Crippen LogP contribution in [0.3, 0.4) is 0 Å². The molecule has 29 heavy (non-hydrogen) atoms. The topological polar surface area (TPSA) is 78.9 Å². The molecule has 2 aromatic heterocycles. The van der Waals surface area contributed by atoms with Gasteiger partial charge >= 0.3 is 0 Å². The molecule has 8 heteroatoms. The van der Waals surface area contributed by atoms with Crippen LogP contribution in [0.25, 0.3) is 11.5 Å². The van der Waals surface area contributed by atoms with E-state index in [-0.39, 0.29) is 11.9 Å². The third-order valence-electron chi connectivity index (χ3n) is 4.97. The Morgan fingerprint density at radius 1 is 1.17 bits per heavy atom. The van der Waals surface area contributed by atoms with Crippen LogP contribution in [0.2, 0.25) is 0 Å². The minimum atomic E-state index is -0.296. The zero-order valence-corrected chi connectivity index (χ0v) is 15.7. The Morgan fingerprint density at radius 3 is 2.86 bits per heavy atom. The van der Waals surface area contributed by atoms with Gasteiger partial charge in [0, 0.05) is 0 Å². The summed E-state index contributed by atoms with van der Waals surface area (Å²) < 4.78 is 26.5. The van der Waals surface area contributed by atoms with E-state index in [2.05, 4.69) is 51.6 Å². The molecule has 1 atom stereocenters. The first-order valence-electron chi connectivity index (χ1n) is 9.33. The number of aryl methyl sites for hydroxylation is 1. The number of benzene rings is 2. The SMILES string of the molecule is Cc1ccc(C2Cn3nnc(-c4noc(Cc5cccc(F)c5)n4)c3CO2)cc1. The molecule has 0 N–H and O–H groups in total. The first kappa shape index (κ1) is 17.7. The van der Waals surface area contributed by atoms with Crippen LogP contribution in [0.1, 0.15) is 34.4 Å². The molecular weight excluding hydrogens is 373 g/mol. The maximum Gasteiger partial charge on any atom is 0.231 e. The normalized spacial score (nSPS) is 16.0. The van der Waals surface area contributed by atoms with Crippen molar-refractivity contribution < 1.29 is 13.7 Å². The summed E-state index contributed by atoms with van der Waals surface area (Å²) in [5, 5.41) is 12.5. The predicted molar refractivity (Wildman–Crippen MR) is 101 cm³/mol. The molecule has 4 aromatic rings. The van der Waals surface area contributed by atoms with E-state index in [0.29, 0.717) is 37.0 Å². The highest BCUT2D eigenvalue weighted by Crippen LogP contribution is 2.30. The van der Waals surface area contributed by atoms with Gasteiger partial charge in [-0.15, -0.1) is 5.10 Å². The summed E-state index contributed by atoms with van der Waals surface area (Å²) in [6.07, 6.45) is 0.270. The maximum atomic E-state index is 13.4. The minimum absolute atomic E-state index is 0.0774. The second-order valence-corrected chi connectivity index (χ2v) is 7.10. The quantitative estimate of drug-likeness (QED) is 0.529. The molecule has 0 bridgehead atoms. The van der Waals surface area contributed by atoms with Crippen LogP contribution in [-0.2, 0) is 24.3 Å². The number of ether oxygens (including phenoxy) is 1. The van der Waals surface area contributed by atoms with Crippen molar-refractivity contribution in [2.24, 2.45) is 0 Å². The number of fused-ring (bicyclic) bond motifs is 1. The molecule has 0 amide bonds. The molecule has 7 nitrogen and oxygen atoms in total. The summed E-state index contributed by atoms with van der Waals surface area (Å²) in [6, 6.07) is 14.6. The molecule has 1 aliphatic rings. The molecule has 1 aliphatic heterocycles. The average molecular weight is 391 g/mol. The van der Waals surface area contributed by atoms with E-state index < -0.39 is 0 Å². The van der Waals surface area contributed by atoms with Gasteiger partial charge in [-0.1, -0.05) is 52.3 Å². The Labute approximate surface area is 166 Å². The van der Waals surface area contributed by atoms with Crippen LogP contribution < -0.4 is 0 Å². The van der Waals surface area contributed by atoms with E-state index in [1.807, 2.05) is 10.7 Å². The van der Waals surface area contributed by atoms with Gasteiger partial charge in [0.15, 0.2) is 5.69 Å². The summed E-state index contributed by atoms with van der Waals surface area (Å²) in [5.74, 6) is 0.450. The molecular formula is C21H18FN5O2. The third-order valence-corrected chi connectivity index (χ3v) is 4.97. The highest BCUT2D eigenvalue weighted by atomic mass is 19.1. The fourth-order valence-electron chi connectivity index (χ4n) is 3.41. The second kappa shape index (κ2) is 7.21. The van der Waals surface area contributed by atoms with E-state index in [1.54, 1.807) is 6.07 Å². The van der Waals surface area contributed by atoms with Gasteiger partial charge in [-0.25, -0.2) is 9.07 Å². The largest absolute Gasteiger partial charge is 0.365 e. The maximum absolute atomic E-state index is 13.4. The van der Waals surface area contributed by atoms with Crippen molar-refractivity contribution in [1.29, 1.82) is 0 Å². The molecule has 3 heterocycles. The number of hydrogen-bond acceptors (Lipinski definition) is 6. The van der Waals surface area contributed by atoms with Crippen LogP contribution in [0.4, 0.5) is 4.39 Å². The van der Waals surface area contributed by atoms with Crippen molar-refractivity contribution in [3.05, 3.63) is 82.6 Å².